The van der Waals surface area contributed by atoms with Gasteiger partial charge >= 0.3 is 5.97 Å². The first-order valence-corrected chi connectivity index (χ1v) is 3.96. The summed E-state index contributed by atoms with van der Waals surface area (Å²) in [5, 5.41) is 9.77. The summed E-state index contributed by atoms with van der Waals surface area (Å²) >= 11 is 0. The molecule has 70 valence electrons. The molecule has 1 N–H and O–H groups in total. The van der Waals surface area contributed by atoms with Crippen molar-refractivity contribution in [1.82, 2.24) is 4.98 Å². The fourth-order valence-corrected chi connectivity index (χ4v) is 1.31. The summed E-state index contributed by atoms with van der Waals surface area (Å²) < 4.78 is 12.9. The molecule has 14 heavy (non-hydrogen) atoms. The number of hydrogen-bond acceptors (Lipinski definition) is 2. The first-order chi connectivity index (χ1) is 6.68. The van der Waals surface area contributed by atoms with Crippen molar-refractivity contribution >= 4 is 16.7 Å². The van der Waals surface area contributed by atoms with Crippen molar-refractivity contribution in [2.75, 3.05) is 0 Å². The highest BCUT2D eigenvalue weighted by Crippen LogP contribution is 2.17. The van der Waals surface area contributed by atoms with Crippen LogP contribution in [-0.4, -0.2) is 16.1 Å². The highest BCUT2D eigenvalue weighted by Gasteiger charge is 2.09. The Labute approximate surface area is 78.8 Å². The molecule has 1 aromatic heterocycles. The van der Waals surface area contributed by atoms with E-state index in [0.29, 0.717) is 10.8 Å². The molecule has 0 bridgehead atoms. The van der Waals surface area contributed by atoms with Gasteiger partial charge in [-0.25, -0.2) is 14.2 Å². The zero-order chi connectivity index (χ0) is 10.1. The molecule has 0 atom stereocenters. The van der Waals surface area contributed by atoms with Gasteiger partial charge in [-0.3, -0.25) is 0 Å². The van der Waals surface area contributed by atoms with Gasteiger partial charge in [0.05, 0.1) is 0 Å². The number of hydrogen-bond donors (Lipinski definition) is 1. The number of carboxylic acid groups (broad SMARTS) is 1. The van der Waals surface area contributed by atoms with E-state index in [1.807, 2.05) is 0 Å². The largest absolute Gasteiger partial charge is 0.476 e. The Morgan fingerprint density at radius 2 is 2.14 bits per heavy atom. The lowest BCUT2D eigenvalue weighted by Crippen LogP contribution is -2.00. The SMILES string of the molecule is O=C(O)c1nccc2ccc(F)cc12. The summed E-state index contributed by atoms with van der Waals surface area (Å²) in [6.07, 6.45) is 1.39. The lowest BCUT2D eigenvalue weighted by Gasteiger charge is -2.00. The van der Waals surface area contributed by atoms with Crippen LogP contribution in [0.1, 0.15) is 10.5 Å². The average Bonchev–Trinajstić information content (AvgIpc) is 2.16. The van der Waals surface area contributed by atoms with Crippen LogP contribution in [0.3, 0.4) is 0 Å². The third-order valence-corrected chi connectivity index (χ3v) is 1.93. The Morgan fingerprint density at radius 3 is 2.86 bits per heavy atom. The number of carboxylic acids is 1. The normalized spacial score (nSPS) is 10.4. The molecule has 0 aliphatic carbocycles. The van der Waals surface area contributed by atoms with E-state index >= 15 is 0 Å². The van der Waals surface area contributed by atoms with Crippen molar-refractivity contribution in [2.24, 2.45) is 0 Å². The summed E-state index contributed by atoms with van der Waals surface area (Å²) in [6.45, 7) is 0. The number of benzene rings is 1. The van der Waals surface area contributed by atoms with Gasteiger partial charge in [0, 0.05) is 11.6 Å². The lowest BCUT2D eigenvalue weighted by molar-refractivity contribution is 0.0693. The van der Waals surface area contributed by atoms with Gasteiger partial charge in [-0.2, -0.15) is 0 Å². The molecule has 0 saturated heterocycles. The summed E-state index contributed by atoms with van der Waals surface area (Å²) in [6, 6.07) is 5.62. The second-order valence-electron chi connectivity index (χ2n) is 2.83. The number of rotatable bonds is 1. The molecule has 2 aromatic rings. The number of nitrogens with zero attached hydrogens (tertiary/aromatic N) is 1. The second-order valence-corrected chi connectivity index (χ2v) is 2.83. The minimum Gasteiger partial charge on any atom is -0.476 e. The Balaban J connectivity index is 2.84. The molecule has 0 fully saturated rings. The van der Waals surface area contributed by atoms with Gasteiger partial charge in [0.15, 0.2) is 5.69 Å². The molecule has 1 aromatic carbocycles. The standard InChI is InChI=1S/C10H6FNO2/c11-7-2-1-6-3-4-12-9(10(13)14)8(6)5-7/h1-5H,(H,13,14). The number of halogens is 1. The van der Waals surface area contributed by atoms with Crippen molar-refractivity contribution in [3.05, 3.63) is 42.0 Å². The van der Waals surface area contributed by atoms with Crippen LogP contribution in [-0.2, 0) is 0 Å². The molecule has 0 unspecified atom stereocenters. The number of aromatic nitrogens is 1. The van der Waals surface area contributed by atoms with Crippen LogP contribution in [0.2, 0.25) is 0 Å². The van der Waals surface area contributed by atoms with Crippen LogP contribution < -0.4 is 0 Å². The highest BCUT2D eigenvalue weighted by atomic mass is 19.1. The van der Waals surface area contributed by atoms with Crippen LogP contribution >= 0.6 is 0 Å². The first-order valence-electron chi connectivity index (χ1n) is 3.96. The van der Waals surface area contributed by atoms with Gasteiger partial charge in [0.25, 0.3) is 0 Å². The maximum Gasteiger partial charge on any atom is 0.355 e. The minimum absolute atomic E-state index is 0.123. The summed E-state index contributed by atoms with van der Waals surface area (Å²) in [7, 11) is 0. The third kappa shape index (κ3) is 1.31. The van der Waals surface area contributed by atoms with Gasteiger partial charge in [-0.1, -0.05) is 6.07 Å². The van der Waals surface area contributed by atoms with E-state index in [0.717, 1.165) is 0 Å². The maximum absolute atomic E-state index is 12.9. The van der Waals surface area contributed by atoms with Crippen molar-refractivity contribution in [3.8, 4) is 0 Å². The number of pyridine rings is 1. The van der Waals surface area contributed by atoms with E-state index in [1.54, 1.807) is 6.07 Å². The molecule has 1 heterocycles. The average molecular weight is 191 g/mol. The molecule has 3 nitrogen and oxygen atoms in total. The van der Waals surface area contributed by atoms with E-state index < -0.39 is 11.8 Å². The van der Waals surface area contributed by atoms with Crippen molar-refractivity contribution < 1.29 is 14.3 Å². The van der Waals surface area contributed by atoms with Gasteiger partial charge in [-0.15, -0.1) is 0 Å². The van der Waals surface area contributed by atoms with Gasteiger partial charge in [0.2, 0.25) is 0 Å². The Kier molecular flexibility index (Phi) is 1.89. The smallest absolute Gasteiger partial charge is 0.355 e. The molecular weight excluding hydrogens is 185 g/mol. The molecule has 4 heteroatoms. The first kappa shape index (κ1) is 8.62. The number of fused-ring (bicyclic) bond motifs is 1. The zero-order valence-electron chi connectivity index (χ0n) is 7.07. The van der Waals surface area contributed by atoms with E-state index in [9.17, 15) is 9.18 Å². The summed E-state index contributed by atoms with van der Waals surface area (Å²) in [5.41, 5.74) is -0.123. The molecule has 0 saturated carbocycles. The number of aromatic carboxylic acids is 1. The molecule has 0 aliphatic rings. The van der Waals surface area contributed by atoms with Crippen molar-refractivity contribution in [3.63, 3.8) is 0 Å². The van der Waals surface area contributed by atoms with Crippen LogP contribution in [0.15, 0.2) is 30.5 Å². The van der Waals surface area contributed by atoms with Crippen molar-refractivity contribution in [1.29, 1.82) is 0 Å². The van der Waals surface area contributed by atoms with E-state index in [2.05, 4.69) is 4.98 Å². The fraction of sp³-hybridized carbons (Fsp3) is 0. The van der Waals surface area contributed by atoms with Gasteiger partial charge in [-0.05, 0) is 23.6 Å². The van der Waals surface area contributed by atoms with E-state index in [-0.39, 0.29) is 5.69 Å². The Morgan fingerprint density at radius 1 is 1.36 bits per heavy atom. The monoisotopic (exact) mass is 191 g/mol. The summed E-state index contributed by atoms with van der Waals surface area (Å²) in [4.78, 5) is 14.4. The van der Waals surface area contributed by atoms with Crippen LogP contribution in [0.4, 0.5) is 4.39 Å². The van der Waals surface area contributed by atoms with E-state index in [4.69, 9.17) is 5.11 Å². The van der Waals surface area contributed by atoms with Crippen LogP contribution in [0.25, 0.3) is 10.8 Å². The van der Waals surface area contributed by atoms with Crippen LogP contribution in [0, 0.1) is 5.82 Å². The molecule has 2 rings (SSSR count). The highest BCUT2D eigenvalue weighted by molar-refractivity contribution is 6.01. The quantitative estimate of drug-likeness (QED) is 0.750. The Bertz CT molecular complexity index is 510. The van der Waals surface area contributed by atoms with Crippen LogP contribution in [0.5, 0.6) is 0 Å². The summed E-state index contributed by atoms with van der Waals surface area (Å²) in [5.74, 6) is -1.62. The second kappa shape index (κ2) is 3.06. The fourth-order valence-electron chi connectivity index (χ4n) is 1.31. The predicted molar refractivity (Wildman–Crippen MR) is 48.7 cm³/mol. The Hall–Kier alpha value is -1.97. The minimum atomic E-state index is -1.15. The lowest BCUT2D eigenvalue weighted by atomic mass is 10.1. The molecule has 0 aliphatic heterocycles. The zero-order valence-corrected chi connectivity index (χ0v) is 7.07. The van der Waals surface area contributed by atoms with Gasteiger partial charge < -0.3 is 5.11 Å². The van der Waals surface area contributed by atoms with Crippen molar-refractivity contribution in [2.45, 2.75) is 0 Å². The van der Waals surface area contributed by atoms with Gasteiger partial charge in [0.1, 0.15) is 5.82 Å². The number of carbonyl (C=O) groups is 1. The topological polar surface area (TPSA) is 50.2 Å². The third-order valence-electron chi connectivity index (χ3n) is 1.93. The van der Waals surface area contributed by atoms with E-state index in [1.165, 1.54) is 24.4 Å². The predicted octanol–water partition coefficient (Wildman–Crippen LogP) is 2.07. The molecule has 0 spiro atoms. The molecule has 0 radical (unpaired) electrons. The molecular formula is C10H6FNO2. The molecule has 0 amide bonds. The maximum atomic E-state index is 12.9.